The number of rotatable bonds is 7. The zero-order valence-electron chi connectivity index (χ0n) is 14.2. The van der Waals surface area contributed by atoms with Crippen LogP contribution in [0.5, 0.6) is 17.2 Å². The summed E-state index contributed by atoms with van der Waals surface area (Å²) in [5.41, 5.74) is 0.832. The second-order valence-electron chi connectivity index (χ2n) is 5.14. The van der Waals surface area contributed by atoms with Gasteiger partial charge in [-0.25, -0.2) is 4.39 Å². The number of anilines is 1. The lowest BCUT2D eigenvalue weighted by molar-refractivity contribution is -0.116. The molecule has 0 aliphatic carbocycles. The van der Waals surface area contributed by atoms with Crippen molar-refractivity contribution in [3.63, 3.8) is 0 Å². The molecule has 0 aliphatic rings. The molecule has 134 valence electrons. The van der Waals surface area contributed by atoms with Gasteiger partial charge in [0.15, 0.2) is 17.3 Å². The van der Waals surface area contributed by atoms with E-state index in [-0.39, 0.29) is 23.0 Å². The Morgan fingerprint density at radius 2 is 1.80 bits per heavy atom. The first kappa shape index (κ1) is 18.9. The molecule has 0 bridgehead atoms. The van der Waals surface area contributed by atoms with E-state index in [1.165, 1.54) is 33.5 Å². The second-order valence-corrected chi connectivity index (χ2v) is 5.55. The molecule has 0 spiro atoms. The van der Waals surface area contributed by atoms with Gasteiger partial charge in [0.2, 0.25) is 11.7 Å². The summed E-state index contributed by atoms with van der Waals surface area (Å²) in [5.74, 6) is 0.514. The Hall–Kier alpha value is -2.47. The largest absolute Gasteiger partial charge is 0.493 e. The molecule has 2 aromatic carbocycles. The van der Waals surface area contributed by atoms with Crippen LogP contribution in [0.3, 0.4) is 0 Å². The van der Waals surface area contributed by atoms with E-state index in [1.807, 2.05) is 0 Å². The number of hydrogen-bond acceptors (Lipinski definition) is 4. The molecule has 0 unspecified atom stereocenters. The third-order valence-corrected chi connectivity index (χ3v) is 3.92. The molecule has 5 nitrogen and oxygen atoms in total. The van der Waals surface area contributed by atoms with Crippen molar-refractivity contribution in [1.82, 2.24) is 0 Å². The zero-order chi connectivity index (χ0) is 18.4. The Kier molecular flexibility index (Phi) is 6.47. The molecule has 7 heteroatoms. The van der Waals surface area contributed by atoms with Gasteiger partial charge in [-0.05, 0) is 30.2 Å². The van der Waals surface area contributed by atoms with Gasteiger partial charge in [0.05, 0.1) is 32.0 Å². The minimum atomic E-state index is -0.652. The SMILES string of the molecule is COc1ccc(CCC(=O)Nc2cccc(Cl)c2F)c(OC)c1OC. The lowest BCUT2D eigenvalue weighted by Gasteiger charge is -2.15. The zero-order valence-corrected chi connectivity index (χ0v) is 14.9. The smallest absolute Gasteiger partial charge is 0.224 e. The fraction of sp³-hybridized carbons (Fsp3) is 0.278. The molecule has 0 aliphatic heterocycles. The van der Waals surface area contributed by atoms with E-state index in [2.05, 4.69) is 5.32 Å². The van der Waals surface area contributed by atoms with Crippen LogP contribution in [0.2, 0.25) is 5.02 Å². The van der Waals surface area contributed by atoms with Crippen molar-refractivity contribution < 1.29 is 23.4 Å². The molecule has 0 fully saturated rings. The average Bonchev–Trinajstić information content (AvgIpc) is 2.62. The van der Waals surface area contributed by atoms with Crippen molar-refractivity contribution in [3.8, 4) is 17.2 Å². The van der Waals surface area contributed by atoms with Gasteiger partial charge < -0.3 is 19.5 Å². The number of carbonyl (C=O) groups excluding carboxylic acids is 1. The molecule has 0 heterocycles. The Balaban J connectivity index is 2.10. The van der Waals surface area contributed by atoms with Crippen molar-refractivity contribution >= 4 is 23.2 Å². The molecule has 0 aromatic heterocycles. The maximum absolute atomic E-state index is 13.8. The van der Waals surface area contributed by atoms with Gasteiger partial charge in [0.25, 0.3) is 0 Å². The van der Waals surface area contributed by atoms with E-state index in [1.54, 1.807) is 18.2 Å². The van der Waals surface area contributed by atoms with Crippen molar-refractivity contribution in [2.45, 2.75) is 12.8 Å². The molecule has 2 aromatic rings. The second kappa shape index (κ2) is 8.58. The van der Waals surface area contributed by atoms with Crippen LogP contribution >= 0.6 is 11.6 Å². The van der Waals surface area contributed by atoms with Crippen LogP contribution in [-0.4, -0.2) is 27.2 Å². The van der Waals surface area contributed by atoms with E-state index in [9.17, 15) is 9.18 Å². The molecule has 0 saturated carbocycles. The van der Waals surface area contributed by atoms with Gasteiger partial charge in [-0.1, -0.05) is 23.7 Å². The van der Waals surface area contributed by atoms with Crippen LogP contribution in [0.4, 0.5) is 10.1 Å². The van der Waals surface area contributed by atoms with E-state index >= 15 is 0 Å². The summed E-state index contributed by atoms with van der Waals surface area (Å²) in [4.78, 5) is 12.1. The molecule has 0 atom stereocenters. The first-order valence-electron chi connectivity index (χ1n) is 7.53. The van der Waals surface area contributed by atoms with E-state index in [0.717, 1.165) is 5.56 Å². The highest BCUT2D eigenvalue weighted by Crippen LogP contribution is 2.40. The number of amides is 1. The predicted molar refractivity (Wildman–Crippen MR) is 94.5 cm³/mol. The van der Waals surface area contributed by atoms with Gasteiger partial charge in [-0.15, -0.1) is 0 Å². The minimum Gasteiger partial charge on any atom is -0.493 e. The molecule has 1 N–H and O–H groups in total. The Morgan fingerprint density at radius 3 is 2.44 bits per heavy atom. The molecule has 2 rings (SSSR count). The Morgan fingerprint density at radius 1 is 1.08 bits per heavy atom. The molecule has 0 saturated heterocycles. The number of ether oxygens (including phenoxy) is 3. The summed E-state index contributed by atoms with van der Waals surface area (Å²) in [6.45, 7) is 0. The van der Waals surface area contributed by atoms with Gasteiger partial charge in [0, 0.05) is 6.42 Å². The summed E-state index contributed by atoms with van der Waals surface area (Å²) in [6.07, 6.45) is 0.523. The first-order valence-corrected chi connectivity index (χ1v) is 7.91. The highest BCUT2D eigenvalue weighted by Gasteiger charge is 2.17. The summed E-state index contributed by atoms with van der Waals surface area (Å²) in [5, 5.41) is 2.47. The number of benzene rings is 2. The highest BCUT2D eigenvalue weighted by molar-refractivity contribution is 6.31. The van der Waals surface area contributed by atoms with Crippen LogP contribution in [0, 0.1) is 5.82 Å². The van der Waals surface area contributed by atoms with E-state index in [0.29, 0.717) is 23.7 Å². The number of aryl methyl sites for hydroxylation is 1. The first-order chi connectivity index (χ1) is 12.0. The number of methoxy groups -OCH3 is 3. The van der Waals surface area contributed by atoms with Crippen molar-refractivity contribution in [3.05, 3.63) is 46.7 Å². The van der Waals surface area contributed by atoms with Crippen molar-refractivity contribution in [2.24, 2.45) is 0 Å². The number of hydrogen-bond donors (Lipinski definition) is 1. The molecule has 0 radical (unpaired) electrons. The third kappa shape index (κ3) is 4.33. The summed E-state index contributed by atoms with van der Waals surface area (Å²) < 4.78 is 29.7. The van der Waals surface area contributed by atoms with Crippen molar-refractivity contribution in [1.29, 1.82) is 0 Å². The number of carbonyl (C=O) groups is 1. The lowest BCUT2D eigenvalue weighted by atomic mass is 10.1. The topological polar surface area (TPSA) is 56.8 Å². The van der Waals surface area contributed by atoms with E-state index < -0.39 is 5.82 Å². The third-order valence-electron chi connectivity index (χ3n) is 3.63. The van der Waals surface area contributed by atoms with Gasteiger partial charge in [-0.2, -0.15) is 0 Å². The van der Waals surface area contributed by atoms with Gasteiger partial charge in [-0.3, -0.25) is 4.79 Å². The fourth-order valence-electron chi connectivity index (χ4n) is 2.42. The summed E-state index contributed by atoms with van der Waals surface area (Å²) in [7, 11) is 4.56. The summed E-state index contributed by atoms with van der Waals surface area (Å²) in [6, 6.07) is 7.98. The van der Waals surface area contributed by atoms with Crippen LogP contribution in [0.1, 0.15) is 12.0 Å². The van der Waals surface area contributed by atoms with Crippen LogP contribution < -0.4 is 19.5 Å². The fourth-order valence-corrected chi connectivity index (χ4v) is 2.60. The molecule has 25 heavy (non-hydrogen) atoms. The highest BCUT2D eigenvalue weighted by atomic mass is 35.5. The van der Waals surface area contributed by atoms with E-state index in [4.69, 9.17) is 25.8 Å². The maximum Gasteiger partial charge on any atom is 0.224 e. The predicted octanol–water partition coefficient (Wildman–Crippen LogP) is 4.08. The quantitative estimate of drug-likeness (QED) is 0.801. The van der Waals surface area contributed by atoms with Gasteiger partial charge in [0.1, 0.15) is 0 Å². The van der Waals surface area contributed by atoms with Crippen LogP contribution in [0.25, 0.3) is 0 Å². The maximum atomic E-state index is 13.8. The molecule has 1 amide bonds. The Bertz CT molecular complexity index is 767. The average molecular weight is 368 g/mol. The van der Waals surface area contributed by atoms with Crippen molar-refractivity contribution in [2.75, 3.05) is 26.6 Å². The lowest BCUT2D eigenvalue weighted by Crippen LogP contribution is -2.14. The Labute approximate surface area is 150 Å². The monoisotopic (exact) mass is 367 g/mol. The molecular formula is C18H19ClFNO4. The molecular weight excluding hydrogens is 349 g/mol. The van der Waals surface area contributed by atoms with Crippen LogP contribution in [-0.2, 0) is 11.2 Å². The normalized spacial score (nSPS) is 10.3. The van der Waals surface area contributed by atoms with Crippen LogP contribution in [0.15, 0.2) is 30.3 Å². The van der Waals surface area contributed by atoms with Gasteiger partial charge >= 0.3 is 0 Å². The number of nitrogens with one attached hydrogen (secondary N) is 1. The minimum absolute atomic E-state index is 0.0423. The summed E-state index contributed by atoms with van der Waals surface area (Å²) >= 11 is 5.70. The standard InChI is InChI=1S/C18H19ClFNO4/c1-23-14-9-7-11(17(24-2)18(14)25-3)8-10-15(22)21-13-6-4-5-12(19)16(13)20/h4-7,9H,8,10H2,1-3H3,(H,21,22). The number of halogens is 2.